The first-order chi connectivity index (χ1) is 30.6. The lowest BCUT2D eigenvalue weighted by Gasteiger charge is -2.22. The van der Waals surface area contributed by atoms with Gasteiger partial charge in [0, 0.05) is 19.3 Å². The number of ether oxygens (including phenoxy) is 3. The van der Waals surface area contributed by atoms with E-state index in [-0.39, 0.29) is 72.6 Å². The monoisotopic (exact) mass is 915 g/mol. The highest BCUT2D eigenvalue weighted by atomic mass is 16.5. The van der Waals surface area contributed by atoms with E-state index in [1.54, 1.807) is 39.0 Å². The summed E-state index contributed by atoms with van der Waals surface area (Å²) in [6.07, 6.45) is 0.900. The highest BCUT2D eigenvalue weighted by Gasteiger charge is 2.24. The Kier molecular flexibility index (Phi) is 17.1. The summed E-state index contributed by atoms with van der Waals surface area (Å²) in [5.74, 6) is -1.16. The number of rotatable bonds is 18. The minimum absolute atomic E-state index is 0.0165. The van der Waals surface area contributed by atoms with Gasteiger partial charge in [0.1, 0.15) is 37.1 Å². The number of esters is 3. The summed E-state index contributed by atoms with van der Waals surface area (Å²) in [7, 11) is 0. The van der Waals surface area contributed by atoms with Crippen LogP contribution in [0.2, 0.25) is 0 Å². The van der Waals surface area contributed by atoms with Crippen molar-refractivity contribution in [3.63, 3.8) is 0 Å². The minimum Gasteiger partial charge on any atom is -0.507 e. The predicted octanol–water partition coefficient (Wildman–Crippen LogP) is 6.63. The summed E-state index contributed by atoms with van der Waals surface area (Å²) in [4.78, 5) is 79.7. The molecule has 0 aliphatic rings. The minimum atomic E-state index is -1.01. The third-order valence-electron chi connectivity index (χ3n) is 11.5. The van der Waals surface area contributed by atoms with Crippen LogP contribution in [0, 0.1) is 20.8 Å². The average molecular weight is 916 g/mol. The van der Waals surface area contributed by atoms with Crippen molar-refractivity contribution in [2.45, 2.75) is 157 Å². The molecule has 0 saturated heterocycles. The lowest BCUT2D eigenvalue weighted by atomic mass is 9.83. The molecule has 1 aromatic heterocycles. The molecule has 0 radical (unpaired) electrons. The molecule has 0 saturated carbocycles. The van der Waals surface area contributed by atoms with Gasteiger partial charge in [-0.05, 0) is 106 Å². The van der Waals surface area contributed by atoms with E-state index in [1.807, 2.05) is 80.5 Å². The molecule has 0 bridgehead atoms. The van der Waals surface area contributed by atoms with Crippen molar-refractivity contribution >= 4 is 17.9 Å². The molecule has 15 nitrogen and oxygen atoms in total. The Morgan fingerprint density at radius 3 is 0.879 bits per heavy atom. The first-order valence-electron chi connectivity index (χ1n) is 22.5. The van der Waals surface area contributed by atoms with Crippen LogP contribution >= 0.6 is 0 Å². The fourth-order valence-electron chi connectivity index (χ4n) is 7.68. The molecular weight excluding hydrogens is 847 g/mol. The first-order valence-corrected chi connectivity index (χ1v) is 22.5. The Hall–Kier alpha value is -6.12. The van der Waals surface area contributed by atoms with Crippen LogP contribution in [0.4, 0.5) is 0 Å². The van der Waals surface area contributed by atoms with Crippen LogP contribution in [0.3, 0.4) is 0 Å². The van der Waals surface area contributed by atoms with E-state index < -0.39 is 54.6 Å². The maximum Gasteiger partial charge on any atom is 0.336 e. The number of phenolic OH excluding ortho intramolecular Hbond substituents is 3. The number of aryl methyl sites for hydroxylation is 6. The van der Waals surface area contributed by atoms with Gasteiger partial charge in [-0.25, -0.2) is 28.1 Å². The van der Waals surface area contributed by atoms with Gasteiger partial charge in [-0.2, -0.15) is 0 Å². The van der Waals surface area contributed by atoms with E-state index in [2.05, 4.69) is 0 Å². The zero-order chi connectivity index (χ0) is 49.5. The Labute approximate surface area is 387 Å². The summed E-state index contributed by atoms with van der Waals surface area (Å²) in [6, 6.07) is 11.0. The van der Waals surface area contributed by atoms with Crippen molar-refractivity contribution in [3.05, 3.63) is 118 Å². The summed E-state index contributed by atoms with van der Waals surface area (Å²) in [6.45, 7) is 20.8. The van der Waals surface area contributed by atoms with Crippen molar-refractivity contribution in [1.29, 1.82) is 0 Å². The number of carbonyl (C=O) groups excluding carboxylic acids is 3. The van der Waals surface area contributed by atoms with Crippen LogP contribution < -0.4 is 17.1 Å². The number of carbonyl (C=O) groups is 3. The zero-order valence-corrected chi connectivity index (χ0v) is 40.8. The van der Waals surface area contributed by atoms with Crippen molar-refractivity contribution < 1.29 is 43.9 Å². The molecule has 0 atom stereocenters. The highest BCUT2D eigenvalue weighted by molar-refractivity contribution is 5.70. The van der Waals surface area contributed by atoms with Crippen LogP contribution in [0.15, 0.2) is 50.8 Å². The quantitative estimate of drug-likeness (QED) is 0.0711. The summed E-state index contributed by atoms with van der Waals surface area (Å²) < 4.78 is 18.5. The van der Waals surface area contributed by atoms with E-state index in [0.717, 1.165) is 47.1 Å². The molecule has 3 N–H and O–H groups in total. The van der Waals surface area contributed by atoms with Gasteiger partial charge in [-0.1, -0.05) is 98.7 Å². The van der Waals surface area contributed by atoms with Gasteiger partial charge >= 0.3 is 35.0 Å². The second-order valence-corrected chi connectivity index (χ2v) is 20.1. The number of nitrogens with zero attached hydrogens (tertiary/aromatic N) is 3. The third-order valence-corrected chi connectivity index (χ3v) is 11.5. The molecule has 0 spiro atoms. The van der Waals surface area contributed by atoms with Crippen molar-refractivity contribution in [3.8, 4) is 17.2 Å². The van der Waals surface area contributed by atoms with Crippen molar-refractivity contribution in [2.75, 3.05) is 19.8 Å². The van der Waals surface area contributed by atoms with Gasteiger partial charge in [-0.15, -0.1) is 0 Å². The molecule has 0 unspecified atom stereocenters. The molecule has 66 heavy (non-hydrogen) atoms. The first kappa shape index (κ1) is 52.5. The SMILES string of the molecule is Cc1cc(CCC(=O)OCCn2c(=O)n(CCOC(=O)CCc3cc(C)c(O)c(C(C)(C)C)c3)c(=O)n(CCOC(=O)CCc3cc(C)c(O)c(C(C)(C)C)c3)c2=O)cc(C(C)(C)C)c1O. The molecule has 4 rings (SSSR count). The van der Waals surface area contributed by atoms with Crippen molar-refractivity contribution in [2.24, 2.45) is 0 Å². The van der Waals surface area contributed by atoms with Crippen LogP contribution in [0.5, 0.6) is 17.2 Å². The predicted molar refractivity (Wildman–Crippen MR) is 252 cm³/mol. The Balaban J connectivity index is 1.47. The standard InChI is InChI=1S/C51H69N3O12/c1-31-25-34(28-37(43(31)58)49(4,5)6)13-16-40(55)64-22-19-52-46(61)53(20-23-65-41(56)17-14-35-26-32(2)44(59)38(29-35)50(7,8)9)48(63)54(47(52)62)21-24-66-42(57)18-15-36-27-33(3)45(60)39(30-36)51(10,11)12/h25-30,58-60H,13-24H2,1-12H3. The van der Waals surface area contributed by atoms with Gasteiger partial charge < -0.3 is 29.5 Å². The molecule has 3 aromatic carbocycles. The van der Waals surface area contributed by atoms with Crippen LogP contribution in [-0.2, 0) is 83.7 Å². The van der Waals surface area contributed by atoms with E-state index in [9.17, 15) is 44.1 Å². The van der Waals surface area contributed by atoms with Crippen LogP contribution in [-0.4, -0.2) is 66.7 Å². The summed E-state index contributed by atoms with van der Waals surface area (Å²) in [5.41, 5.74) is 2.75. The van der Waals surface area contributed by atoms with E-state index in [4.69, 9.17) is 14.2 Å². The molecule has 15 heteroatoms. The molecule has 0 aliphatic carbocycles. The van der Waals surface area contributed by atoms with Gasteiger partial charge in [0.2, 0.25) is 0 Å². The molecule has 4 aromatic rings. The lowest BCUT2D eigenvalue weighted by molar-refractivity contribution is -0.144. The topological polar surface area (TPSA) is 206 Å². The molecule has 1 heterocycles. The number of aromatic nitrogens is 3. The second-order valence-electron chi connectivity index (χ2n) is 20.1. The number of benzene rings is 3. The molecule has 0 aliphatic heterocycles. The van der Waals surface area contributed by atoms with E-state index >= 15 is 0 Å². The average Bonchev–Trinajstić information content (AvgIpc) is 3.21. The molecule has 360 valence electrons. The number of hydrogen-bond acceptors (Lipinski definition) is 12. The molecule has 0 fully saturated rings. The fourth-order valence-corrected chi connectivity index (χ4v) is 7.68. The second kappa shape index (κ2) is 21.5. The Morgan fingerprint density at radius 2 is 0.667 bits per heavy atom. The molecule has 0 amide bonds. The Bertz CT molecular complexity index is 2300. The number of phenols is 3. The van der Waals surface area contributed by atoms with E-state index in [1.165, 1.54) is 0 Å². The normalized spacial score (nSPS) is 12.0. The maximum atomic E-state index is 13.7. The summed E-state index contributed by atoms with van der Waals surface area (Å²) in [5, 5.41) is 31.8. The van der Waals surface area contributed by atoms with Gasteiger partial charge in [-0.3, -0.25) is 14.4 Å². The highest BCUT2D eigenvalue weighted by Crippen LogP contribution is 2.36. The lowest BCUT2D eigenvalue weighted by Crippen LogP contribution is -2.55. The van der Waals surface area contributed by atoms with Gasteiger partial charge in [0.15, 0.2) is 0 Å². The van der Waals surface area contributed by atoms with Crippen LogP contribution in [0.1, 0.15) is 132 Å². The third kappa shape index (κ3) is 13.7. The van der Waals surface area contributed by atoms with Crippen LogP contribution in [0.25, 0.3) is 0 Å². The van der Waals surface area contributed by atoms with Gasteiger partial charge in [0.05, 0.1) is 19.6 Å². The number of hydrogen-bond donors (Lipinski definition) is 3. The Morgan fingerprint density at radius 1 is 0.439 bits per heavy atom. The fraction of sp³-hybridized carbons (Fsp3) is 0.529. The van der Waals surface area contributed by atoms with Crippen molar-refractivity contribution in [1.82, 2.24) is 13.7 Å². The number of aromatic hydroxyl groups is 3. The zero-order valence-electron chi connectivity index (χ0n) is 40.8. The smallest absolute Gasteiger partial charge is 0.336 e. The maximum absolute atomic E-state index is 13.7. The summed E-state index contributed by atoms with van der Waals surface area (Å²) >= 11 is 0. The van der Waals surface area contributed by atoms with E-state index in [0.29, 0.717) is 36.0 Å². The largest absolute Gasteiger partial charge is 0.507 e. The van der Waals surface area contributed by atoms with Gasteiger partial charge in [0.25, 0.3) is 0 Å². The molecular formula is C51H69N3O12.